The monoisotopic (exact) mass is 254 g/mol. The predicted octanol–water partition coefficient (Wildman–Crippen LogP) is 3.07. The van der Waals surface area contributed by atoms with Crippen LogP contribution in [0, 0.1) is 11.3 Å². The lowest BCUT2D eigenvalue weighted by Crippen LogP contribution is -2.44. The van der Waals surface area contributed by atoms with Crippen molar-refractivity contribution >= 4 is 5.97 Å². The molecule has 0 spiro atoms. The molecule has 0 amide bonds. The SMILES string of the molecule is O=C(OCc1ccccc1)C1CC(CF)(CF)C1. The Hall–Kier alpha value is -1.45. The van der Waals surface area contributed by atoms with Gasteiger partial charge in [0, 0.05) is 5.41 Å². The molecule has 0 saturated heterocycles. The van der Waals surface area contributed by atoms with Crippen LogP contribution in [0.1, 0.15) is 18.4 Å². The normalized spacial score (nSPS) is 18.1. The molecular formula is C14H16F2O2. The summed E-state index contributed by atoms with van der Waals surface area (Å²) in [5.41, 5.74) is -0.0106. The highest BCUT2D eigenvalue weighted by Gasteiger charge is 2.48. The van der Waals surface area contributed by atoms with Gasteiger partial charge in [0.2, 0.25) is 0 Å². The number of benzene rings is 1. The van der Waals surface area contributed by atoms with Crippen molar-refractivity contribution in [2.45, 2.75) is 19.4 Å². The van der Waals surface area contributed by atoms with Crippen molar-refractivity contribution < 1.29 is 18.3 Å². The highest BCUT2D eigenvalue weighted by atomic mass is 19.1. The largest absolute Gasteiger partial charge is 0.461 e. The van der Waals surface area contributed by atoms with E-state index in [-0.39, 0.29) is 31.3 Å². The molecular weight excluding hydrogens is 238 g/mol. The standard InChI is InChI=1S/C14H16F2O2/c15-9-14(10-16)6-12(7-14)13(17)18-8-11-4-2-1-3-5-11/h1-5,12H,6-10H2. The van der Waals surface area contributed by atoms with Crippen LogP contribution in [-0.4, -0.2) is 19.3 Å². The Kier molecular flexibility index (Phi) is 3.94. The van der Waals surface area contributed by atoms with Crippen molar-refractivity contribution in [2.75, 3.05) is 13.3 Å². The quantitative estimate of drug-likeness (QED) is 0.755. The van der Waals surface area contributed by atoms with E-state index in [1.807, 2.05) is 30.3 Å². The lowest BCUT2D eigenvalue weighted by molar-refractivity contribution is -0.160. The molecule has 1 aromatic rings. The molecule has 1 aromatic carbocycles. The Morgan fingerprint density at radius 1 is 1.22 bits per heavy atom. The smallest absolute Gasteiger partial charge is 0.309 e. The number of ether oxygens (including phenoxy) is 1. The summed E-state index contributed by atoms with van der Waals surface area (Å²) in [7, 11) is 0. The fourth-order valence-electron chi connectivity index (χ4n) is 2.25. The van der Waals surface area contributed by atoms with Gasteiger partial charge in [-0.05, 0) is 18.4 Å². The van der Waals surface area contributed by atoms with Gasteiger partial charge in [-0.15, -0.1) is 0 Å². The van der Waals surface area contributed by atoms with Gasteiger partial charge >= 0.3 is 5.97 Å². The first-order valence-corrected chi connectivity index (χ1v) is 6.02. The summed E-state index contributed by atoms with van der Waals surface area (Å²) < 4.78 is 30.3. The summed E-state index contributed by atoms with van der Waals surface area (Å²) >= 11 is 0. The number of esters is 1. The molecule has 0 bridgehead atoms. The van der Waals surface area contributed by atoms with E-state index in [9.17, 15) is 13.6 Å². The van der Waals surface area contributed by atoms with E-state index in [4.69, 9.17) is 4.74 Å². The minimum atomic E-state index is -0.920. The van der Waals surface area contributed by atoms with Crippen molar-refractivity contribution in [1.29, 1.82) is 0 Å². The van der Waals surface area contributed by atoms with Crippen LogP contribution >= 0.6 is 0 Å². The van der Waals surface area contributed by atoms with Crippen LogP contribution in [0.15, 0.2) is 30.3 Å². The molecule has 0 unspecified atom stereocenters. The lowest BCUT2D eigenvalue weighted by Gasteiger charge is -2.42. The third-order valence-corrected chi connectivity index (χ3v) is 3.48. The van der Waals surface area contributed by atoms with Crippen LogP contribution in [0.2, 0.25) is 0 Å². The first-order chi connectivity index (χ1) is 8.69. The van der Waals surface area contributed by atoms with E-state index in [1.54, 1.807) is 0 Å². The molecule has 4 heteroatoms. The third-order valence-electron chi connectivity index (χ3n) is 3.48. The van der Waals surface area contributed by atoms with E-state index in [1.165, 1.54) is 0 Å². The van der Waals surface area contributed by atoms with Crippen LogP contribution < -0.4 is 0 Å². The number of carbonyl (C=O) groups is 1. The van der Waals surface area contributed by atoms with Crippen LogP contribution in [-0.2, 0) is 16.1 Å². The first kappa shape index (κ1) is 13.0. The zero-order valence-electron chi connectivity index (χ0n) is 10.1. The predicted molar refractivity (Wildman–Crippen MR) is 63.3 cm³/mol. The second kappa shape index (κ2) is 5.46. The summed E-state index contributed by atoms with van der Waals surface area (Å²) in [6.45, 7) is -1.19. The zero-order valence-corrected chi connectivity index (χ0v) is 10.1. The number of halogens is 2. The molecule has 1 aliphatic carbocycles. The minimum Gasteiger partial charge on any atom is -0.461 e. The Morgan fingerprint density at radius 2 is 1.83 bits per heavy atom. The maximum Gasteiger partial charge on any atom is 0.309 e. The highest BCUT2D eigenvalue weighted by Crippen LogP contribution is 2.46. The molecule has 1 aliphatic rings. The molecule has 0 N–H and O–H groups in total. The van der Waals surface area contributed by atoms with E-state index in [2.05, 4.69) is 0 Å². The van der Waals surface area contributed by atoms with Gasteiger partial charge in [-0.3, -0.25) is 13.6 Å². The van der Waals surface area contributed by atoms with Crippen molar-refractivity contribution in [2.24, 2.45) is 11.3 Å². The van der Waals surface area contributed by atoms with E-state index >= 15 is 0 Å². The topological polar surface area (TPSA) is 26.3 Å². The summed E-state index contributed by atoms with van der Waals surface area (Å²) in [6.07, 6.45) is 0.515. The summed E-state index contributed by atoms with van der Waals surface area (Å²) in [4.78, 5) is 11.7. The van der Waals surface area contributed by atoms with Gasteiger partial charge in [0.1, 0.15) is 6.61 Å². The molecule has 1 saturated carbocycles. The fourth-order valence-corrected chi connectivity index (χ4v) is 2.25. The average molecular weight is 254 g/mol. The van der Waals surface area contributed by atoms with E-state index in [0.717, 1.165) is 5.56 Å². The summed E-state index contributed by atoms with van der Waals surface area (Å²) in [6, 6.07) is 9.34. The number of alkyl halides is 2. The van der Waals surface area contributed by atoms with Crippen molar-refractivity contribution in [3.63, 3.8) is 0 Å². The van der Waals surface area contributed by atoms with Gasteiger partial charge in [-0.1, -0.05) is 30.3 Å². The van der Waals surface area contributed by atoms with Crippen LogP contribution in [0.5, 0.6) is 0 Å². The molecule has 0 heterocycles. The number of hydrogen-bond donors (Lipinski definition) is 0. The summed E-state index contributed by atoms with van der Waals surface area (Å²) in [5, 5.41) is 0. The Morgan fingerprint density at radius 3 is 2.39 bits per heavy atom. The van der Waals surface area contributed by atoms with Gasteiger partial charge in [0.05, 0.1) is 19.3 Å². The molecule has 0 aliphatic heterocycles. The number of carbonyl (C=O) groups excluding carboxylic acids is 1. The Labute approximate surface area is 105 Å². The van der Waals surface area contributed by atoms with Crippen molar-refractivity contribution in [1.82, 2.24) is 0 Å². The van der Waals surface area contributed by atoms with Crippen molar-refractivity contribution in [3.8, 4) is 0 Å². The molecule has 2 rings (SSSR count). The maximum absolute atomic E-state index is 12.6. The van der Waals surface area contributed by atoms with E-state index < -0.39 is 18.8 Å². The molecule has 0 aromatic heterocycles. The molecule has 18 heavy (non-hydrogen) atoms. The average Bonchev–Trinajstić information content (AvgIpc) is 2.37. The second-order valence-electron chi connectivity index (χ2n) is 4.97. The van der Waals surface area contributed by atoms with Gasteiger partial charge in [0.25, 0.3) is 0 Å². The molecule has 0 radical (unpaired) electrons. The maximum atomic E-state index is 12.6. The Bertz CT molecular complexity index is 394. The molecule has 2 nitrogen and oxygen atoms in total. The second-order valence-corrected chi connectivity index (χ2v) is 4.97. The number of hydrogen-bond acceptors (Lipinski definition) is 2. The Balaban J connectivity index is 1.78. The van der Waals surface area contributed by atoms with Crippen molar-refractivity contribution in [3.05, 3.63) is 35.9 Å². The van der Waals surface area contributed by atoms with Gasteiger partial charge in [0.15, 0.2) is 0 Å². The number of rotatable bonds is 5. The zero-order chi connectivity index (χ0) is 13.0. The van der Waals surface area contributed by atoms with Gasteiger partial charge in [-0.25, -0.2) is 0 Å². The first-order valence-electron chi connectivity index (χ1n) is 6.02. The molecule has 0 atom stereocenters. The van der Waals surface area contributed by atoms with Crippen LogP contribution in [0.3, 0.4) is 0 Å². The minimum absolute atomic E-state index is 0.217. The van der Waals surface area contributed by atoms with E-state index in [0.29, 0.717) is 0 Å². The highest BCUT2D eigenvalue weighted by molar-refractivity contribution is 5.73. The van der Waals surface area contributed by atoms with Crippen LogP contribution in [0.4, 0.5) is 8.78 Å². The third kappa shape index (κ3) is 2.68. The summed E-state index contributed by atoms with van der Waals surface area (Å²) in [5.74, 6) is -0.698. The molecule has 98 valence electrons. The fraction of sp³-hybridized carbons (Fsp3) is 0.500. The van der Waals surface area contributed by atoms with Gasteiger partial charge < -0.3 is 4.74 Å². The molecule has 1 fully saturated rings. The van der Waals surface area contributed by atoms with Gasteiger partial charge in [-0.2, -0.15) is 0 Å². The van der Waals surface area contributed by atoms with Crippen LogP contribution in [0.25, 0.3) is 0 Å². The lowest BCUT2D eigenvalue weighted by atomic mass is 9.63.